The summed E-state index contributed by atoms with van der Waals surface area (Å²) in [6.45, 7) is 9.19. The number of benzene rings is 3. The summed E-state index contributed by atoms with van der Waals surface area (Å²) in [7, 11) is 3.22. The minimum Gasteiger partial charge on any atom is -0.497 e. The van der Waals surface area contributed by atoms with Gasteiger partial charge in [0.15, 0.2) is 17.2 Å². The normalized spacial score (nSPS) is 11.2. The number of anilines is 1. The number of aromatic nitrogens is 4. The molecular weight excluding hydrogens is 508 g/mol. The number of methoxy groups -OCH3 is 1. The molecule has 1 amide bonds. The lowest BCUT2D eigenvalue weighted by Gasteiger charge is -2.17. The molecule has 3 aromatic carbocycles. The number of carbonyl (C=O) groups is 1. The van der Waals surface area contributed by atoms with Crippen molar-refractivity contribution >= 4 is 50.2 Å². The van der Waals surface area contributed by atoms with Crippen LogP contribution in [0.4, 0.5) is 11.4 Å². The van der Waals surface area contributed by atoms with Gasteiger partial charge in [-0.2, -0.15) is 5.10 Å². The number of likely N-dealkylation sites (N-methyl/N-ethyl adjacent to an activating group) is 1. The standard InChI is InChI=1S/C30H24N6O4/c1-18-33-24-11-9-21(13-27(24)40-18)34(3)28(37)17-36-30(38)29-23-14-22(39-4)10-12-25(23)35(26(29)15-32-36)16-19-5-7-20(31-2)8-6-19/h5-15H,16-17H2,1,3-4H3. The number of hydrogen-bond acceptors (Lipinski definition) is 6. The number of nitrogens with zero attached hydrogens (tertiary/aromatic N) is 6. The summed E-state index contributed by atoms with van der Waals surface area (Å²) < 4.78 is 14.2. The quantitative estimate of drug-likeness (QED) is 0.278. The van der Waals surface area contributed by atoms with E-state index in [1.54, 1.807) is 57.6 Å². The predicted octanol–water partition coefficient (Wildman–Crippen LogP) is 5.07. The average Bonchev–Trinajstić information content (AvgIpc) is 3.50. The Morgan fingerprint density at radius 2 is 1.90 bits per heavy atom. The molecule has 0 atom stereocenters. The molecule has 0 radical (unpaired) electrons. The number of fused-ring (bicyclic) bond motifs is 4. The van der Waals surface area contributed by atoms with Crippen molar-refractivity contribution < 1.29 is 13.9 Å². The highest BCUT2D eigenvalue weighted by Gasteiger charge is 2.20. The summed E-state index contributed by atoms with van der Waals surface area (Å²) in [5.74, 6) is 0.844. The highest BCUT2D eigenvalue weighted by molar-refractivity contribution is 6.08. The summed E-state index contributed by atoms with van der Waals surface area (Å²) in [4.78, 5) is 36.2. The van der Waals surface area contributed by atoms with E-state index >= 15 is 0 Å². The van der Waals surface area contributed by atoms with E-state index in [-0.39, 0.29) is 18.0 Å². The smallest absolute Gasteiger partial charge is 0.277 e. The van der Waals surface area contributed by atoms with E-state index in [9.17, 15) is 9.59 Å². The molecule has 0 aliphatic rings. The van der Waals surface area contributed by atoms with E-state index in [1.807, 2.05) is 34.9 Å². The fourth-order valence-corrected chi connectivity index (χ4v) is 4.90. The second-order valence-electron chi connectivity index (χ2n) is 9.45. The maximum atomic E-state index is 13.8. The maximum absolute atomic E-state index is 13.8. The van der Waals surface area contributed by atoms with Gasteiger partial charge in [0.05, 0.1) is 30.8 Å². The molecule has 6 rings (SSSR count). The molecule has 3 aromatic heterocycles. The molecule has 10 heteroatoms. The minimum atomic E-state index is -0.374. The van der Waals surface area contributed by atoms with E-state index in [2.05, 4.69) is 14.9 Å². The number of ether oxygens (including phenoxy) is 1. The number of carbonyl (C=O) groups excluding carboxylic acids is 1. The summed E-state index contributed by atoms with van der Waals surface area (Å²) in [5.41, 5.74) is 4.55. The first-order chi connectivity index (χ1) is 19.4. The summed E-state index contributed by atoms with van der Waals surface area (Å²) in [6, 6.07) is 18.2. The zero-order valence-corrected chi connectivity index (χ0v) is 22.1. The Morgan fingerprint density at radius 1 is 1.10 bits per heavy atom. The summed E-state index contributed by atoms with van der Waals surface area (Å²) in [6.07, 6.45) is 1.62. The third kappa shape index (κ3) is 4.23. The number of aryl methyl sites for hydroxylation is 1. The van der Waals surface area contributed by atoms with Crippen molar-refractivity contribution in [3.05, 3.63) is 100 Å². The van der Waals surface area contributed by atoms with Crippen LogP contribution >= 0.6 is 0 Å². The molecule has 0 spiro atoms. The van der Waals surface area contributed by atoms with Crippen molar-refractivity contribution in [2.75, 3.05) is 19.1 Å². The van der Waals surface area contributed by atoms with E-state index in [0.29, 0.717) is 56.9 Å². The number of rotatable bonds is 6. The predicted molar refractivity (Wildman–Crippen MR) is 152 cm³/mol. The summed E-state index contributed by atoms with van der Waals surface area (Å²) >= 11 is 0. The molecule has 0 aliphatic carbocycles. The Hall–Kier alpha value is -5.43. The zero-order valence-electron chi connectivity index (χ0n) is 22.1. The first kappa shape index (κ1) is 24.9. The molecule has 10 nitrogen and oxygen atoms in total. The minimum absolute atomic E-state index is 0.243. The van der Waals surface area contributed by atoms with Crippen molar-refractivity contribution in [1.82, 2.24) is 19.3 Å². The Labute approximate surface area is 228 Å². The Morgan fingerprint density at radius 3 is 2.65 bits per heavy atom. The van der Waals surface area contributed by atoms with E-state index in [1.165, 1.54) is 9.58 Å². The van der Waals surface area contributed by atoms with Crippen LogP contribution < -0.4 is 15.2 Å². The van der Waals surface area contributed by atoms with Crippen LogP contribution in [0.25, 0.3) is 37.8 Å². The molecule has 40 heavy (non-hydrogen) atoms. The molecule has 0 aliphatic heterocycles. The number of oxazole rings is 1. The van der Waals surface area contributed by atoms with Crippen LogP contribution in [0, 0.1) is 13.5 Å². The number of amides is 1. The first-order valence-electron chi connectivity index (χ1n) is 12.5. The molecule has 6 aromatic rings. The van der Waals surface area contributed by atoms with Gasteiger partial charge in [-0.25, -0.2) is 14.5 Å². The van der Waals surface area contributed by atoms with Gasteiger partial charge in [0, 0.05) is 43.2 Å². The second-order valence-corrected chi connectivity index (χ2v) is 9.45. The van der Waals surface area contributed by atoms with Crippen LogP contribution in [0.5, 0.6) is 5.75 Å². The molecule has 0 saturated heterocycles. The molecule has 0 saturated carbocycles. The van der Waals surface area contributed by atoms with Crippen molar-refractivity contribution in [1.29, 1.82) is 0 Å². The average molecular weight is 533 g/mol. The molecule has 0 unspecified atom stereocenters. The van der Waals surface area contributed by atoms with Crippen LogP contribution in [0.15, 0.2) is 76.1 Å². The molecule has 0 bridgehead atoms. The van der Waals surface area contributed by atoms with Crippen LogP contribution in [0.1, 0.15) is 11.5 Å². The van der Waals surface area contributed by atoms with Gasteiger partial charge in [0.25, 0.3) is 5.56 Å². The van der Waals surface area contributed by atoms with Gasteiger partial charge in [-0.15, -0.1) is 0 Å². The third-order valence-corrected chi connectivity index (χ3v) is 7.01. The van der Waals surface area contributed by atoms with Crippen LogP contribution in [-0.4, -0.2) is 39.4 Å². The van der Waals surface area contributed by atoms with E-state index < -0.39 is 0 Å². The number of hydrogen-bond donors (Lipinski definition) is 0. The third-order valence-electron chi connectivity index (χ3n) is 7.01. The van der Waals surface area contributed by atoms with Crippen molar-refractivity contribution in [2.24, 2.45) is 0 Å². The van der Waals surface area contributed by atoms with Gasteiger partial charge in [-0.1, -0.05) is 24.3 Å². The highest BCUT2D eigenvalue weighted by Crippen LogP contribution is 2.30. The fourth-order valence-electron chi connectivity index (χ4n) is 4.90. The Kier molecular flexibility index (Phi) is 6.04. The van der Waals surface area contributed by atoms with Gasteiger partial charge in [-0.3, -0.25) is 9.59 Å². The largest absolute Gasteiger partial charge is 0.497 e. The van der Waals surface area contributed by atoms with Crippen LogP contribution in [0.2, 0.25) is 0 Å². The fraction of sp³-hybridized carbons (Fsp3) is 0.167. The van der Waals surface area contributed by atoms with Gasteiger partial charge >= 0.3 is 0 Å². The topological polar surface area (TPSA) is 99.8 Å². The SMILES string of the molecule is [C-]#[N+]c1ccc(Cn2c3ccc(OC)cc3c3c(=O)n(CC(=O)N(C)c4ccc5nc(C)oc5c4)ncc32)cc1. The maximum Gasteiger partial charge on any atom is 0.277 e. The molecular formula is C30H24N6O4. The zero-order chi connectivity index (χ0) is 28.0. The van der Waals surface area contributed by atoms with Crippen LogP contribution in [0.3, 0.4) is 0 Å². The summed E-state index contributed by atoms with van der Waals surface area (Å²) in [5, 5.41) is 5.54. The Balaban J connectivity index is 1.39. The Bertz CT molecular complexity index is 2030. The van der Waals surface area contributed by atoms with Gasteiger partial charge < -0.3 is 18.6 Å². The van der Waals surface area contributed by atoms with Crippen molar-refractivity contribution in [2.45, 2.75) is 20.0 Å². The van der Waals surface area contributed by atoms with Crippen molar-refractivity contribution in [3.63, 3.8) is 0 Å². The molecule has 0 fully saturated rings. The monoisotopic (exact) mass is 532 g/mol. The van der Waals surface area contributed by atoms with E-state index in [0.717, 1.165) is 11.1 Å². The van der Waals surface area contributed by atoms with Gasteiger partial charge in [-0.05, 0) is 35.9 Å². The molecule has 3 heterocycles. The van der Waals surface area contributed by atoms with Crippen molar-refractivity contribution in [3.8, 4) is 5.75 Å². The molecule has 198 valence electrons. The van der Waals surface area contributed by atoms with Gasteiger partial charge in [0.2, 0.25) is 5.91 Å². The lowest BCUT2D eigenvalue weighted by molar-refractivity contribution is -0.119. The second kappa shape index (κ2) is 9.71. The van der Waals surface area contributed by atoms with Crippen LogP contribution in [-0.2, 0) is 17.9 Å². The van der Waals surface area contributed by atoms with Gasteiger partial charge in [0.1, 0.15) is 17.8 Å². The van der Waals surface area contributed by atoms with E-state index in [4.69, 9.17) is 15.7 Å². The first-order valence-corrected chi connectivity index (χ1v) is 12.5. The molecule has 0 N–H and O–H groups in total. The highest BCUT2D eigenvalue weighted by atomic mass is 16.5. The lowest BCUT2D eigenvalue weighted by Crippen LogP contribution is -2.35. The lowest BCUT2D eigenvalue weighted by atomic mass is 10.2.